The van der Waals surface area contributed by atoms with E-state index in [1.807, 2.05) is 32.0 Å². The summed E-state index contributed by atoms with van der Waals surface area (Å²) in [6.07, 6.45) is 1.40. The molecule has 2 amide bonds. The number of thioether (sulfide) groups is 1. The lowest BCUT2D eigenvalue weighted by Gasteiger charge is -2.08. The van der Waals surface area contributed by atoms with Gasteiger partial charge in [-0.1, -0.05) is 17.7 Å². The first-order valence-electron chi connectivity index (χ1n) is 6.39. The summed E-state index contributed by atoms with van der Waals surface area (Å²) in [4.78, 5) is 24.3. The Balaban J connectivity index is 1.80. The molecule has 0 unspecified atom stereocenters. The molecular weight excluding hydrogens is 288 g/mol. The van der Waals surface area contributed by atoms with Gasteiger partial charge >= 0.3 is 5.91 Å². The monoisotopic (exact) mass is 304 g/mol. The van der Waals surface area contributed by atoms with Crippen molar-refractivity contribution in [2.24, 2.45) is 0 Å². The highest BCUT2D eigenvalue weighted by atomic mass is 32.2. The smallest absolute Gasteiger partial charge is 0.305 e. The van der Waals surface area contributed by atoms with Gasteiger partial charge < -0.3 is 4.42 Å². The third kappa shape index (κ3) is 4.39. The molecule has 21 heavy (non-hydrogen) atoms. The molecule has 6 heteroatoms. The van der Waals surface area contributed by atoms with E-state index in [9.17, 15) is 9.59 Å². The van der Waals surface area contributed by atoms with Crippen LogP contribution in [0.15, 0.2) is 45.9 Å². The van der Waals surface area contributed by atoms with E-state index in [1.54, 1.807) is 6.07 Å². The summed E-state index contributed by atoms with van der Waals surface area (Å²) in [7, 11) is 0. The summed E-state index contributed by atoms with van der Waals surface area (Å²) >= 11 is 1.43. The molecule has 0 saturated heterocycles. The van der Waals surface area contributed by atoms with E-state index in [2.05, 4.69) is 10.9 Å². The van der Waals surface area contributed by atoms with E-state index in [0.29, 0.717) is 0 Å². The van der Waals surface area contributed by atoms with Crippen molar-refractivity contribution in [3.63, 3.8) is 0 Å². The van der Waals surface area contributed by atoms with E-state index >= 15 is 0 Å². The molecule has 2 aromatic rings. The number of aryl methyl sites for hydroxylation is 2. The molecule has 0 radical (unpaired) electrons. The number of hydrogen-bond acceptors (Lipinski definition) is 4. The Kier molecular flexibility index (Phi) is 5.05. The Morgan fingerprint density at radius 1 is 1.19 bits per heavy atom. The second-order valence-corrected chi connectivity index (χ2v) is 5.55. The lowest BCUT2D eigenvalue weighted by Crippen LogP contribution is -2.42. The van der Waals surface area contributed by atoms with Gasteiger partial charge in [0.05, 0.1) is 12.0 Å². The van der Waals surface area contributed by atoms with Crippen molar-refractivity contribution in [1.82, 2.24) is 10.9 Å². The van der Waals surface area contributed by atoms with Crippen molar-refractivity contribution in [3.8, 4) is 0 Å². The molecule has 0 atom stereocenters. The van der Waals surface area contributed by atoms with Crippen LogP contribution in [0.5, 0.6) is 0 Å². The predicted molar refractivity (Wildman–Crippen MR) is 81.0 cm³/mol. The summed E-state index contributed by atoms with van der Waals surface area (Å²) in [5.74, 6) is -0.383. The Hall–Kier alpha value is -2.21. The number of carbonyl (C=O) groups excluding carboxylic acids is 2. The third-order valence-corrected chi connectivity index (χ3v) is 3.92. The number of amides is 2. The maximum absolute atomic E-state index is 11.7. The van der Waals surface area contributed by atoms with E-state index < -0.39 is 5.91 Å². The van der Waals surface area contributed by atoms with Crippen molar-refractivity contribution in [2.45, 2.75) is 18.7 Å². The predicted octanol–water partition coefficient (Wildman–Crippen LogP) is 2.45. The number of rotatable bonds is 4. The molecule has 5 nitrogen and oxygen atoms in total. The number of hydrogen-bond donors (Lipinski definition) is 2. The van der Waals surface area contributed by atoms with Gasteiger partial charge in [-0.15, -0.1) is 11.8 Å². The summed E-state index contributed by atoms with van der Waals surface area (Å²) in [6.45, 7) is 4.01. The lowest BCUT2D eigenvalue weighted by atomic mass is 10.2. The maximum Gasteiger partial charge on any atom is 0.305 e. The Labute approximate surface area is 127 Å². The fourth-order valence-electron chi connectivity index (χ4n) is 1.64. The molecule has 110 valence electrons. The van der Waals surface area contributed by atoms with Crippen LogP contribution in [0.2, 0.25) is 0 Å². The van der Waals surface area contributed by atoms with Crippen LogP contribution in [0.25, 0.3) is 0 Å². The fourth-order valence-corrected chi connectivity index (χ4v) is 2.56. The maximum atomic E-state index is 11.7. The zero-order valence-electron chi connectivity index (χ0n) is 11.8. The van der Waals surface area contributed by atoms with Gasteiger partial charge in [0.15, 0.2) is 5.76 Å². The molecule has 0 aliphatic carbocycles. The first-order valence-corrected chi connectivity index (χ1v) is 7.37. The zero-order chi connectivity index (χ0) is 15.2. The standard InChI is InChI=1S/C15H16N2O3S/c1-10-5-6-11(2)13(8-10)21-9-14(18)16-17-15(19)12-4-3-7-20-12/h3-8H,9H2,1-2H3,(H,16,18)(H,17,19). The van der Waals surface area contributed by atoms with Gasteiger partial charge in [-0.25, -0.2) is 0 Å². The highest BCUT2D eigenvalue weighted by Crippen LogP contribution is 2.23. The quantitative estimate of drug-likeness (QED) is 0.672. The highest BCUT2D eigenvalue weighted by molar-refractivity contribution is 8.00. The van der Waals surface area contributed by atoms with Gasteiger partial charge in [0.25, 0.3) is 0 Å². The minimum absolute atomic E-state index is 0.150. The van der Waals surface area contributed by atoms with Gasteiger partial charge in [0.1, 0.15) is 0 Å². The average molecular weight is 304 g/mol. The molecule has 0 aliphatic heterocycles. The van der Waals surface area contributed by atoms with Gasteiger partial charge in [-0.05, 0) is 37.6 Å². The van der Waals surface area contributed by atoms with E-state index in [4.69, 9.17) is 4.42 Å². The number of benzene rings is 1. The lowest BCUT2D eigenvalue weighted by molar-refractivity contribution is -0.119. The molecular formula is C15H16N2O3S. The zero-order valence-corrected chi connectivity index (χ0v) is 12.6. The van der Waals surface area contributed by atoms with Crippen molar-refractivity contribution in [1.29, 1.82) is 0 Å². The van der Waals surface area contributed by atoms with Crippen LogP contribution in [0, 0.1) is 13.8 Å². The summed E-state index contributed by atoms with van der Waals surface area (Å²) in [5, 5.41) is 0. The molecule has 0 spiro atoms. The van der Waals surface area contributed by atoms with Crippen LogP contribution in [0.4, 0.5) is 0 Å². The SMILES string of the molecule is Cc1ccc(C)c(SCC(=O)NNC(=O)c2ccco2)c1. The van der Waals surface area contributed by atoms with Crippen molar-refractivity contribution in [2.75, 3.05) is 5.75 Å². The van der Waals surface area contributed by atoms with Crippen LogP contribution < -0.4 is 10.9 Å². The average Bonchev–Trinajstić information content (AvgIpc) is 3.00. The topological polar surface area (TPSA) is 71.3 Å². The Morgan fingerprint density at radius 2 is 2.00 bits per heavy atom. The van der Waals surface area contributed by atoms with Crippen molar-refractivity contribution >= 4 is 23.6 Å². The first-order chi connectivity index (χ1) is 10.1. The summed E-state index contributed by atoms with van der Waals surface area (Å²) < 4.78 is 4.92. The third-order valence-electron chi connectivity index (χ3n) is 2.76. The van der Waals surface area contributed by atoms with Crippen LogP contribution >= 0.6 is 11.8 Å². The normalized spacial score (nSPS) is 10.2. The second-order valence-electron chi connectivity index (χ2n) is 4.54. The van der Waals surface area contributed by atoms with E-state index in [1.165, 1.54) is 24.1 Å². The minimum atomic E-state index is -0.481. The van der Waals surface area contributed by atoms with Crippen LogP contribution in [-0.4, -0.2) is 17.6 Å². The molecule has 0 saturated carbocycles. The highest BCUT2D eigenvalue weighted by Gasteiger charge is 2.10. The molecule has 0 aliphatic rings. The molecule has 2 N–H and O–H groups in total. The van der Waals surface area contributed by atoms with Gasteiger partial charge in [0.2, 0.25) is 5.91 Å². The van der Waals surface area contributed by atoms with E-state index in [0.717, 1.165) is 16.0 Å². The van der Waals surface area contributed by atoms with Gasteiger partial charge in [-0.3, -0.25) is 20.4 Å². The molecule has 1 heterocycles. The first kappa shape index (κ1) is 15.2. The van der Waals surface area contributed by atoms with Crippen molar-refractivity contribution in [3.05, 3.63) is 53.5 Å². The molecule has 0 bridgehead atoms. The molecule has 2 rings (SSSR count). The molecule has 1 aromatic carbocycles. The van der Waals surface area contributed by atoms with E-state index in [-0.39, 0.29) is 17.4 Å². The Morgan fingerprint density at radius 3 is 2.71 bits per heavy atom. The van der Waals surface area contributed by atoms with Gasteiger partial charge in [-0.2, -0.15) is 0 Å². The van der Waals surface area contributed by atoms with Crippen LogP contribution in [0.3, 0.4) is 0 Å². The number of furan rings is 1. The summed E-state index contributed by atoms with van der Waals surface area (Å²) in [6, 6.07) is 9.21. The Bertz CT molecular complexity index is 638. The molecule has 1 aromatic heterocycles. The number of carbonyl (C=O) groups is 2. The number of nitrogens with one attached hydrogen (secondary N) is 2. The van der Waals surface area contributed by atoms with Gasteiger partial charge in [0, 0.05) is 4.90 Å². The minimum Gasteiger partial charge on any atom is -0.459 e. The largest absolute Gasteiger partial charge is 0.459 e. The fraction of sp³-hybridized carbons (Fsp3) is 0.200. The van der Waals surface area contributed by atoms with Crippen LogP contribution in [-0.2, 0) is 4.79 Å². The van der Waals surface area contributed by atoms with Crippen molar-refractivity contribution < 1.29 is 14.0 Å². The molecule has 0 fully saturated rings. The second kappa shape index (κ2) is 6.99. The number of hydrazine groups is 1. The van der Waals surface area contributed by atoms with Crippen LogP contribution in [0.1, 0.15) is 21.7 Å². The summed E-state index contributed by atoms with van der Waals surface area (Å²) in [5.41, 5.74) is 6.93.